The molecule has 0 amide bonds. The second kappa shape index (κ2) is 3.27. The Bertz CT molecular complexity index is 317. The molecular formula is C13H17Cl. The average molecular weight is 209 g/mol. The first-order valence-electron chi connectivity index (χ1n) is 5.33. The van der Waals surface area contributed by atoms with Crippen LogP contribution in [0.4, 0.5) is 0 Å². The van der Waals surface area contributed by atoms with E-state index in [-0.39, 0.29) is 4.87 Å². The van der Waals surface area contributed by atoms with Gasteiger partial charge in [0.05, 0.1) is 4.87 Å². The zero-order valence-corrected chi connectivity index (χ0v) is 9.75. The molecule has 1 fully saturated rings. The lowest BCUT2D eigenvalue weighted by molar-refractivity contribution is 0.517. The number of hydrogen-bond acceptors (Lipinski definition) is 0. The molecule has 1 aliphatic carbocycles. The monoisotopic (exact) mass is 208 g/mol. The van der Waals surface area contributed by atoms with Crippen LogP contribution in [0.3, 0.4) is 0 Å². The Morgan fingerprint density at radius 2 is 1.79 bits per heavy atom. The fourth-order valence-corrected chi connectivity index (χ4v) is 3.40. The smallest absolute Gasteiger partial charge is 0.0757 e. The molecule has 1 aliphatic rings. The lowest BCUT2D eigenvalue weighted by atomic mass is 10.0. The molecule has 2 rings (SSSR count). The summed E-state index contributed by atoms with van der Waals surface area (Å²) in [5.41, 5.74) is 1.29. The quantitative estimate of drug-likeness (QED) is 0.644. The van der Waals surface area contributed by atoms with E-state index in [0.29, 0.717) is 17.8 Å². The molecule has 0 saturated heterocycles. The second-order valence-corrected chi connectivity index (χ2v) is 5.32. The van der Waals surface area contributed by atoms with Crippen LogP contribution >= 0.6 is 11.6 Å². The Hall–Kier alpha value is -0.490. The van der Waals surface area contributed by atoms with Crippen LogP contribution in [-0.2, 0) is 4.87 Å². The maximum atomic E-state index is 6.68. The Labute approximate surface area is 91.3 Å². The van der Waals surface area contributed by atoms with Gasteiger partial charge in [-0.15, -0.1) is 11.6 Å². The second-order valence-electron chi connectivity index (χ2n) is 4.69. The molecule has 0 heterocycles. The molecule has 3 atom stereocenters. The lowest BCUT2D eigenvalue weighted by Crippen LogP contribution is -2.04. The number of alkyl halides is 1. The van der Waals surface area contributed by atoms with Crippen LogP contribution in [0.2, 0.25) is 0 Å². The highest BCUT2D eigenvalue weighted by Gasteiger charge is 2.62. The van der Waals surface area contributed by atoms with Gasteiger partial charge in [-0.25, -0.2) is 0 Å². The van der Waals surface area contributed by atoms with Crippen LogP contribution in [0, 0.1) is 17.8 Å². The van der Waals surface area contributed by atoms with Crippen LogP contribution in [0.25, 0.3) is 0 Å². The van der Waals surface area contributed by atoms with Crippen molar-refractivity contribution in [3.05, 3.63) is 35.9 Å². The summed E-state index contributed by atoms with van der Waals surface area (Å²) in [6.45, 7) is 6.77. The molecule has 1 heteroatoms. The molecule has 1 aromatic rings. The predicted octanol–water partition coefficient (Wildman–Crippen LogP) is 4.04. The third-order valence-electron chi connectivity index (χ3n) is 3.51. The van der Waals surface area contributed by atoms with Gasteiger partial charge < -0.3 is 0 Å². The first kappa shape index (κ1) is 10.0. The van der Waals surface area contributed by atoms with Gasteiger partial charge in [0.1, 0.15) is 0 Å². The van der Waals surface area contributed by atoms with E-state index in [1.54, 1.807) is 0 Å². The van der Waals surface area contributed by atoms with Crippen molar-refractivity contribution >= 4 is 11.6 Å². The normalized spacial score (nSPS) is 36.1. The van der Waals surface area contributed by atoms with Crippen LogP contribution in [0.1, 0.15) is 26.3 Å². The summed E-state index contributed by atoms with van der Waals surface area (Å²) >= 11 is 6.68. The summed E-state index contributed by atoms with van der Waals surface area (Å²) in [6.07, 6.45) is 0. The number of benzene rings is 1. The molecule has 1 aromatic carbocycles. The Balaban J connectivity index is 2.29. The Morgan fingerprint density at radius 3 is 2.21 bits per heavy atom. The third-order valence-corrected chi connectivity index (χ3v) is 4.33. The van der Waals surface area contributed by atoms with Gasteiger partial charge in [0.15, 0.2) is 0 Å². The number of halogens is 1. The largest absolute Gasteiger partial charge is 0.113 e. The summed E-state index contributed by atoms with van der Waals surface area (Å²) in [6, 6.07) is 10.5. The van der Waals surface area contributed by atoms with Crippen molar-refractivity contribution in [2.75, 3.05) is 0 Å². The minimum Gasteiger partial charge on any atom is -0.113 e. The van der Waals surface area contributed by atoms with Crippen molar-refractivity contribution in [3.63, 3.8) is 0 Å². The SMILES string of the molecule is CC(C)[C@H]1[C@H](C)[C@@]1(Cl)c1ccccc1. The van der Waals surface area contributed by atoms with Crippen LogP contribution < -0.4 is 0 Å². The van der Waals surface area contributed by atoms with Crippen LogP contribution in [0.15, 0.2) is 30.3 Å². The standard InChI is InChI=1S/C13H17Cl/c1-9(2)12-10(3)13(12,14)11-7-5-4-6-8-11/h4-10,12H,1-3H3/t10-,12-,13+/m0/s1. The van der Waals surface area contributed by atoms with Crippen molar-refractivity contribution in [1.29, 1.82) is 0 Å². The first-order valence-corrected chi connectivity index (χ1v) is 5.70. The first-order chi connectivity index (χ1) is 6.58. The summed E-state index contributed by atoms with van der Waals surface area (Å²) in [7, 11) is 0. The van der Waals surface area contributed by atoms with Crippen molar-refractivity contribution in [2.24, 2.45) is 17.8 Å². The van der Waals surface area contributed by atoms with E-state index < -0.39 is 0 Å². The number of hydrogen-bond donors (Lipinski definition) is 0. The summed E-state index contributed by atoms with van der Waals surface area (Å²) in [4.78, 5) is -0.0879. The molecule has 0 radical (unpaired) electrons. The zero-order chi connectivity index (χ0) is 10.3. The average Bonchev–Trinajstić information content (AvgIpc) is 2.72. The van der Waals surface area contributed by atoms with E-state index in [1.165, 1.54) is 5.56 Å². The minimum atomic E-state index is -0.0879. The van der Waals surface area contributed by atoms with E-state index in [2.05, 4.69) is 45.0 Å². The van der Waals surface area contributed by atoms with Crippen molar-refractivity contribution in [2.45, 2.75) is 25.6 Å². The van der Waals surface area contributed by atoms with Gasteiger partial charge in [-0.05, 0) is 23.3 Å². The van der Waals surface area contributed by atoms with E-state index in [9.17, 15) is 0 Å². The summed E-state index contributed by atoms with van der Waals surface area (Å²) in [5.74, 6) is 1.90. The van der Waals surface area contributed by atoms with Crippen LogP contribution in [0.5, 0.6) is 0 Å². The van der Waals surface area contributed by atoms with Gasteiger partial charge in [-0.3, -0.25) is 0 Å². The van der Waals surface area contributed by atoms with E-state index in [1.807, 2.05) is 6.07 Å². The highest BCUT2D eigenvalue weighted by molar-refractivity contribution is 6.26. The molecule has 0 N–H and O–H groups in total. The van der Waals surface area contributed by atoms with Crippen molar-refractivity contribution in [1.82, 2.24) is 0 Å². The zero-order valence-electron chi connectivity index (χ0n) is 9.00. The van der Waals surface area contributed by atoms with E-state index in [4.69, 9.17) is 11.6 Å². The van der Waals surface area contributed by atoms with Crippen molar-refractivity contribution in [3.8, 4) is 0 Å². The fourth-order valence-electron chi connectivity index (χ4n) is 2.76. The van der Waals surface area contributed by atoms with Gasteiger partial charge in [0.2, 0.25) is 0 Å². The van der Waals surface area contributed by atoms with Gasteiger partial charge >= 0.3 is 0 Å². The van der Waals surface area contributed by atoms with E-state index in [0.717, 1.165) is 0 Å². The maximum absolute atomic E-state index is 6.68. The topological polar surface area (TPSA) is 0 Å². The van der Waals surface area contributed by atoms with Crippen molar-refractivity contribution < 1.29 is 0 Å². The Morgan fingerprint density at radius 1 is 1.21 bits per heavy atom. The maximum Gasteiger partial charge on any atom is 0.0757 e. The molecule has 0 aliphatic heterocycles. The fraction of sp³-hybridized carbons (Fsp3) is 0.538. The molecular weight excluding hydrogens is 192 g/mol. The molecule has 14 heavy (non-hydrogen) atoms. The van der Waals surface area contributed by atoms with Crippen LogP contribution in [-0.4, -0.2) is 0 Å². The van der Waals surface area contributed by atoms with Gasteiger partial charge in [0.25, 0.3) is 0 Å². The van der Waals surface area contributed by atoms with E-state index >= 15 is 0 Å². The van der Waals surface area contributed by atoms with Gasteiger partial charge in [0, 0.05) is 0 Å². The van der Waals surface area contributed by atoms with Gasteiger partial charge in [-0.1, -0.05) is 51.1 Å². The molecule has 0 aromatic heterocycles. The highest BCUT2D eigenvalue weighted by atomic mass is 35.5. The molecule has 0 spiro atoms. The minimum absolute atomic E-state index is 0.0879. The lowest BCUT2D eigenvalue weighted by Gasteiger charge is -2.11. The Kier molecular flexibility index (Phi) is 2.35. The molecule has 0 unspecified atom stereocenters. The molecule has 76 valence electrons. The predicted molar refractivity (Wildman–Crippen MR) is 61.5 cm³/mol. The summed E-state index contributed by atoms with van der Waals surface area (Å²) in [5, 5.41) is 0. The van der Waals surface area contributed by atoms with Gasteiger partial charge in [-0.2, -0.15) is 0 Å². The molecule has 0 bridgehead atoms. The third kappa shape index (κ3) is 1.28. The molecule has 1 saturated carbocycles. The summed E-state index contributed by atoms with van der Waals surface area (Å²) < 4.78 is 0. The molecule has 0 nitrogen and oxygen atoms in total. The highest BCUT2D eigenvalue weighted by Crippen LogP contribution is 2.65. The number of rotatable bonds is 2.